The SMILES string of the molecule is Cc1cnc(Nc2nc(Sc3ccc(CC(=O)C4CC4)cc3)nc(N3CCOCC3)n2)s1. The van der Waals surface area contributed by atoms with E-state index in [9.17, 15) is 4.79 Å². The van der Waals surface area contributed by atoms with Crippen molar-refractivity contribution in [3.05, 3.63) is 40.9 Å². The molecule has 0 unspecified atom stereocenters. The lowest BCUT2D eigenvalue weighted by atomic mass is 10.1. The number of Topliss-reactive ketones (excluding diaryl/α,β-unsaturated/α-hetero) is 1. The lowest BCUT2D eigenvalue weighted by molar-refractivity contribution is -0.119. The van der Waals surface area contributed by atoms with Crippen LogP contribution in [-0.2, 0) is 16.0 Å². The molecule has 2 fully saturated rings. The number of hydrogen-bond acceptors (Lipinski definition) is 10. The number of thiazole rings is 1. The molecule has 10 heteroatoms. The minimum Gasteiger partial charge on any atom is -0.378 e. The van der Waals surface area contributed by atoms with Crippen LogP contribution < -0.4 is 10.2 Å². The Hall–Kier alpha value is -2.56. The van der Waals surface area contributed by atoms with E-state index >= 15 is 0 Å². The van der Waals surface area contributed by atoms with Crippen LogP contribution >= 0.6 is 23.1 Å². The standard InChI is InChI=1S/C22H24N6O2S2/c1-14-13-23-21(31-14)25-19-24-20(28-8-10-30-11-9-28)27-22(26-19)32-17-6-2-15(3-7-17)12-18(29)16-4-5-16/h2-3,6-7,13,16H,4-5,8-12H2,1H3,(H,23,24,25,26,27). The Balaban J connectivity index is 1.35. The summed E-state index contributed by atoms with van der Waals surface area (Å²) in [6.07, 6.45) is 4.44. The number of hydrogen-bond donors (Lipinski definition) is 1. The van der Waals surface area contributed by atoms with E-state index < -0.39 is 0 Å². The van der Waals surface area contributed by atoms with Crippen molar-refractivity contribution in [2.75, 3.05) is 36.5 Å². The second-order valence-electron chi connectivity index (χ2n) is 7.91. The predicted octanol–water partition coefficient (Wildman–Crippen LogP) is 3.89. The fourth-order valence-corrected chi connectivity index (χ4v) is 4.79. The van der Waals surface area contributed by atoms with Gasteiger partial charge in [-0.3, -0.25) is 10.1 Å². The first-order chi connectivity index (χ1) is 15.6. The molecule has 1 saturated carbocycles. The Kier molecular flexibility index (Phi) is 6.33. The van der Waals surface area contributed by atoms with Gasteiger partial charge in [-0.05, 0) is 49.2 Å². The van der Waals surface area contributed by atoms with Crippen molar-refractivity contribution in [3.63, 3.8) is 0 Å². The zero-order valence-electron chi connectivity index (χ0n) is 17.8. The van der Waals surface area contributed by atoms with E-state index in [0.29, 0.717) is 48.4 Å². The molecule has 3 aromatic rings. The molecule has 3 heterocycles. The van der Waals surface area contributed by atoms with Crippen LogP contribution in [-0.4, -0.2) is 52.0 Å². The molecule has 1 aliphatic heterocycles. The average molecular weight is 469 g/mol. The molecule has 1 aliphatic carbocycles. The molecule has 0 radical (unpaired) electrons. The summed E-state index contributed by atoms with van der Waals surface area (Å²) < 4.78 is 5.47. The quantitative estimate of drug-likeness (QED) is 0.528. The maximum atomic E-state index is 12.1. The van der Waals surface area contributed by atoms with Crippen molar-refractivity contribution in [2.45, 2.75) is 36.2 Å². The molecule has 1 aromatic carbocycles. The van der Waals surface area contributed by atoms with Gasteiger partial charge in [0, 0.05) is 41.4 Å². The van der Waals surface area contributed by atoms with Crippen molar-refractivity contribution in [1.82, 2.24) is 19.9 Å². The van der Waals surface area contributed by atoms with Crippen molar-refractivity contribution >= 4 is 45.9 Å². The first kappa shape index (κ1) is 21.3. The van der Waals surface area contributed by atoms with Crippen LogP contribution in [0.4, 0.5) is 17.0 Å². The fraction of sp³-hybridized carbons (Fsp3) is 0.409. The van der Waals surface area contributed by atoms with E-state index in [1.54, 1.807) is 11.3 Å². The Morgan fingerprint density at radius 3 is 2.66 bits per heavy atom. The lowest BCUT2D eigenvalue weighted by Gasteiger charge is -2.27. The summed E-state index contributed by atoms with van der Waals surface area (Å²) in [6, 6.07) is 8.08. The molecule has 2 aliphatic rings. The van der Waals surface area contributed by atoms with Gasteiger partial charge in [0.1, 0.15) is 5.78 Å². The van der Waals surface area contributed by atoms with Crippen LogP contribution in [0, 0.1) is 12.8 Å². The van der Waals surface area contributed by atoms with Gasteiger partial charge >= 0.3 is 0 Å². The predicted molar refractivity (Wildman–Crippen MR) is 125 cm³/mol. The van der Waals surface area contributed by atoms with Crippen molar-refractivity contribution in [1.29, 1.82) is 0 Å². The second-order valence-corrected chi connectivity index (χ2v) is 10.2. The normalized spacial score (nSPS) is 16.2. The molecule has 1 saturated heterocycles. The molecule has 32 heavy (non-hydrogen) atoms. The first-order valence-electron chi connectivity index (χ1n) is 10.7. The fourth-order valence-electron chi connectivity index (χ4n) is 3.39. The largest absolute Gasteiger partial charge is 0.378 e. The molecule has 166 valence electrons. The molecular weight excluding hydrogens is 444 g/mol. The van der Waals surface area contributed by atoms with E-state index in [1.165, 1.54) is 11.8 Å². The zero-order valence-corrected chi connectivity index (χ0v) is 19.4. The van der Waals surface area contributed by atoms with Crippen LogP contribution in [0.2, 0.25) is 0 Å². The molecule has 5 rings (SSSR count). The van der Waals surface area contributed by atoms with Crippen LogP contribution in [0.25, 0.3) is 0 Å². The number of benzene rings is 1. The summed E-state index contributed by atoms with van der Waals surface area (Å²) in [5, 5.41) is 4.58. The van der Waals surface area contributed by atoms with Gasteiger partial charge in [0.15, 0.2) is 10.3 Å². The van der Waals surface area contributed by atoms with Crippen LogP contribution in [0.5, 0.6) is 0 Å². The molecule has 0 spiro atoms. The Morgan fingerprint density at radius 2 is 1.97 bits per heavy atom. The van der Waals surface area contributed by atoms with Gasteiger partial charge in [-0.15, -0.1) is 11.3 Å². The third kappa shape index (κ3) is 5.43. The molecule has 0 amide bonds. The van der Waals surface area contributed by atoms with Crippen LogP contribution in [0.3, 0.4) is 0 Å². The Morgan fingerprint density at radius 1 is 1.19 bits per heavy atom. The number of carbonyl (C=O) groups is 1. The van der Waals surface area contributed by atoms with Gasteiger partial charge in [-0.2, -0.15) is 15.0 Å². The first-order valence-corrected chi connectivity index (χ1v) is 12.3. The summed E-state index contributed by atoms with van der Waals surface area (Å²) in [5.74, 6) is 1.75. The number of ketones is 1. The number of nitrogens with one attached hydrogen (secondary N) is 1. The van der Waals surface area contributed by atoms with Gasteiger partial charge in [0.2, 0.25) is 11.9 Å². The minimum absolute atomic E-state index is 0.292. The van der Waals surface area contributed by atoms with Crippen molar-refractivity contribution < 1.29 is 9.53 Å². The average Bonchev–Trinajstić information content (AvgIpc) is 3.58. The van der Waals surface area contributed by atoms with Gasteiger partial charge in [-0.25, -0.2) is 4.98 Å². The monoisotopic (exact) mass is 468 g/mol. The zero-order chi connectivity index (χ0) is 21.9. The summed E-state index contributed by atoms with van der Waals surface area (Å²) in [5.41, 5.74) is 1.05. The van der Waals surface area contributed by atoms with E-state index in [1.807, 2.05) is 37.4 Å². The summed E-state index contributed by atoms with van der Waals surface area (Å²) in [7, 11) is 0. The number of aromatic nitrogens is 4. The van der Waals surface area contributed by atoms with E-state index in [-0.39, 0.29) is 0 Å². The van der Waals surface area contributed by atoms with Crippen LogP contribution in [0.15, 0.2) is 40.5 Å². The third-order valence-electron chi connectivity index (χ3n) is 5.28. The third-order valence-corrected chi connectivity index (χ3v) is 6.98. The molecule has 1 N–H and O–H groups in total. The molecule has 0 bridgehead atoms. The Bertz CT molecular complexity index is 1090. The number of anilines is 3. The summed E-state index contributed by atoms with van der Waals surface area (Å²) >= 11 is 3.04. The number of ether oxygens (including phenoxy) is 1. The number of rotatable bonds is 8. The van der Waals surface area contributed by atoms with Gasteiger partial charge in [0.25, 0.3) is 0 Å². The van der Waals surface area contributed by atoms with Gasteiger partial charge < -0.3 is 9.64 Å². The highest BCUT2D eigenvalue weighted by atomic mass is 32.2. The maximum absolute atomic E-state index is 12.1. The smallest absolute Gasteiger partial charge is 0.234 e. The second kappa shape index (κ2) is 9.51. The molecule has 0 atom stereocenters. The van der Waals surface area contributed by atoms with E-state index in [4.69, 9.17) is 9.72 Å². The molecule has 2 aromatic heterocycles. The van der Waals surface area contributed by atoms with Crippen molar-refractivity contribution in [3.8, 4) is 0 Å². The van der Waals surface area contributed by atoms with Crippen molar-refractivity contribution in [2.24, 2.45) is 5.92 Å². The van der Waals surface area contributed by atoms with E-state index in [2.05, 4.69) is 25.2 Å². The lowest BCUT2D eigenvalue weighted by Crippen LogP contribution is -2.37. The minimum atomic E-state index is 0.292. The summed E-state index contributed by atoms with van der Waals surface area (Å²) in [4.78, 5) is 34.6. The van der Waals surface area contributed by atoms with Gasteiger partial charge in [0.05, 0.1) is 13.2 Å². The molecular formula is C22H24N6O2S2. The number of nitrogens with zero attached hydrogens (tertiary/aromatic N) is 5. The van der Waals surface area contributed by atoms with Crippen LogP contribution in [0.1, 0.15) is 23.3 Å². The number of carbonyl (C=O) groups excluding carboxylic acids is 1. The summed E-state index contributed by atoms with van der Waals surface area (Å²) in [6.45, 7) is 4.81. The maximum Gasteiger partial charge on any atom is 0.234 e. The van der Waals surface area contributed by atoms with Gasteiger partial charge in [-0.1, -0.05) is 12.1 Å². The molecule has 8 nitrogen and oxygen atoms in total. The number of morpholine rings is 1. The highest BCUT2D eigenvalue weighted by Crippen LogP contribution is 2.32. The van der Waals surface area contributed by atoms with E-state index in [0.717, 1.165) is 46.4 Å². The highest BCUT2D eigenvalue weighted by Gasteiger charge is 2.29. The topological polar surface area (TPSA) is 93.1 Å². The highest BCUT2D eigenvalue weighted by molar-refractivity contribution is 7.99. The Labute approximate surface area is 194 Å². The number of aryl methyl sites for hydroxylation is 1.